The first kappa shape index (κ1) is 10.4. The molecule has 2 unspecified atom stereocenters. The highest BCUT2D eigenvalue weighted by Gasteiger charge is 2.23. The van der Waals surface area contributed by atoms with Gasteiger partial charge in [0.15, 0.2) is 0 Å². The Labute approximate surface area is 87.0 Å². The summed E-state index contributed by atoms with van der Waals surface area (Å²) in [6, 6.07) is 0.491. The van der Waals surface area contributed by atoms with Gasteiger partial charge in [0.1, 0.15) is 0 Å². The van der Waals surface area contributed by atoms with Gasteiger partial charge in [-0.1, -0.05) is 0 Å². The van der Waals surface area contributed by atoms with Gasteiger partial charge in [0, 0.05) is 25.7 Å². The van der Waals surface area contributed by atoms with Gasteiger partial charge in [-0.25, -0.2) is 0 Å². The van der Waals surface area contributed by atoms with E-state index in [1.807, 2.05) is 0 Å². The monoisotopic (exact) mass is 197 g/mol. The fourth-order valence-corrected chi connectivity index (χ4v) is 2.73. The summed E-state index contributed by atoms with van der Waals surface area (Å²) >= 11 is 0. The fraction of sp³-hybridized carbons (Fsp3) is 1.00. The van der Waals surface area contributed by atoms with Gasteiger partial charge >= 0.3 is 0 Å². The molecule has 0 radical (unpaired) electrons. The Morgan fingerprint density at radius 3 is 2.93 bits per heavy atom. The van der Waals surface area contributed by atoms with E-state index in [1.165, 1.54) is 58.4 Å². The van der Waals surface area contributed by atoms with Crippen molar-refractivity contribution in [1.29, 1.82) is 0 Å². The second kappa shape index (κ2) is 5.10. The molecule has 0 aromatic heterocycles. The summed E-state index contributed by atoms with van der Waals surface area (Å²) in [6.45, 7) is 6.15. The third-order valence-electron chi connectivity index (χ3n) is 3.53. The Kier molecular flexibility index (Phi) is 3.79. The van der Waals surface area contributed by atoms with Crippen LogP contribution in [-0.4, -0.2) is 43.7 Å². The minimum absolute atomic E-state index is 0.491. The average Bonchev–Trinajstić information content (AvgIpc) is 2.43. The van der Waals surface area contributed by atoms with Gasteiger partial charge in [-0.15, -0.1) is 0 Å². The molecule has 1 saturated heterocycles. The van der Waals surface area contributed by atoms with E-state index < -0.39 is 0 Å². The quantitative estimate of drug-likeness (QED) is 0.674. The molecular formula is C11H23N3. The van der Waals surface area contributed by atoms with Crippen molar-refractivity contribution in [3.05, 3.63) is 0 Å². The van der Waals surface area contributed by atoms with E-state index >= 15 is 0 Å². The Hall–Kier alpha value is -0.120. The van der Waals surface area contributed by atoms with Gasteiger partial charge in [-0.05, 0) is 44.7 Å². The average molecular weight is 197 g/mol. The van der Waals surface area contributed by atoms with Gasteiger partial charge < -0.3 is 16.0 Å². The third kappa shape index (κ3) is 2.94. The van der Waals surface area contributed by atoms with E-state index in [0.29, 0.717) is 6.04 Å². The number of hydrogen-bond acceptors (Lipinski definition) is 3. The number of nitrogens with two attached hydrogens (primary N) is 1. The molecule has 0 spiro atoms. The summed E-state index contributed by atoms with van der Waals surface area (Å²) in [5, 5.41) is 3.44. The van der Waals surface area contributed by atoms with Gasteiger partial charge in [-0.3, -0.25) is 0 Å². The van der Waals surface area contributed by atoms with E-state index in [1.54, 1.807) is 0 Å². The molecule has 1 aliphatic heterocycles. The minimum atomic E-state index is 0.491. The first-order valence-corrected chi connectivity index (χ1v) is 6.03. The summed E-state index contributed by atoms with van der Waals surface area (Å²) in [4.78, 5) is 2.61. The molecular weight excluding hydrogens is 174 g/mol. The van der Waals surface area contributed by atoms with Crippen LogP contribution in [-0.2, 0) is 0 Å². The van der Waals surface area contributed by atoms with Crippen molar-refractivity contribution in [2.75, 3.05) is 32.7 Å². The molecule has 1 saturated carbocycles. The molecule has 3 N–H and O–H groups in total. The highest BCUT2D eigenvalue weighted by molar-refractivity contribution is 4.80. The van der Waals surface area contributed by atoms with Crippen LogP contribution in [0.25, 0.3) is 0 Å². The number of hydrogen-bond donors (Lipinski definition) is 2. The maximum Gasteiger partial charge on any atom is 0.0107 e. The summed E-state index contributed by atoms with van der Waals surface area (Å²) in [7, 11) is 0. The molecule has 0 bridgehead atoms. The van der Waals surface area contributed by atoms with E-state index in [0.717, 1.165) is 5.92 Å². The van der Waals surface area contributed by atoms with E-state index in [-0.39, 0.29) is 0 Å². The van der Waals surface area contributed by atoms with Crippen LogP contribution < -0.4 is 11.1 Å². The number of nitrogens with one attached hydrogen (secondary N) is 1. The molecule has 3 heteroatoms. The number of rotatable bonds is 2. The zero-order valence-corrected chi connectivity index (χ0v) is 9.04. The molecule has 14 heavy (non-hydrogen) atoms. The van der Waals surface area contributed by atoms with Crippen molar-refractivity contribution in [3.8, 4) is 0 Å². The zero-order valence-electron chi connectivity index (χ0n) is 9.04. The van der Waals surface area contributed by atoms with Crippen LogP contribution in [0.3, 0.4) is 0 Å². The van der Waals surface area contributed by atoms with Gasteiger partial charge in [0.2, 0.25) is 0 Å². The lowest BCUT2D eigenvalue weighted by atomic mass is 10.1. The Morgan fingerprint density at radius 2 is 2.14 bits per heavy atom. The van der Waals surface area contributed by atoms with Crippen LogP contribution in [0.15, 0.2) is 0 Å². The van der Waals surface area contributed by atoms with Gasteiger partial charge in [-0.2, -0.15) is 0 Å². The lowest BCUT2D eigenvalue weighted by molar-refractivity contribution is 0.245. The Morgan fingerprint density at radius 1 is 1.21 bits per heavy atom. The van der Waals surface area contributed by atoms with Crippen molar-refractivity contribution in [2.45, 2.75) is 31.7 Å². The van der Waals surface area contributed by atoms with E-state index in [4.69, 9.17) is 5.73 Å². The lowest BCUT2D eigenvalue weighted by Gasteiger charge is -2.23. The van der Waals surface area contributed by atoms with Crippen molar-refractivity contribution in [2.24, 2.45) is 11.7 Å². The van der Waals surface area contributed by atoms with Gasteiger partial charge in [0.25, 0.3) is 0 Å². The molecule has 2 aliphatic rings. The third-order valence-corrected chi connectivity index (χ3v) is 3.53. The summed E-state index contributed by atoms with van der Waals surface area (Å²) in [5.41, 5.74) is 5.93. The van der Waals surface area contributed by atoms with E-state index in [2.05, 4.69) is 10.2 Å². The van der Waals surface area contributed by atoms with Crippen LogP contribution in [0.4, 0.5) is 0 Å². The standard InChI is InChI=1S/C11H23N3/c12-11-3-2-10(8-11)9-14-6-1-4-13-5-7-14/h10-11,13H,1-9,12H2. The smallest absolute Gasteiger partial charge is 0.0107 e. The second-order valence-corrected chi connectivity index (χ2v) is 4.84. The number of nitrogens with zero attached hydrogens (tertiary/aromatic N) is 1. The fourth-order valence-electron chi connectivity index (χ4n) is 2.73. The van der Waals surface area contributed by atoms with Crippen LogP contribution >= 0.6 is 0 Å². The largest absolute Gasteiger partial charge is 0.328 e. The predicted molar refractivity (Wildman–Crippen MR) is 59.2 cm³/mol. The van der Waals surface area contributed by atoms with Crippen molar-refractivity contribution < 1.29 is 0 Å². The normalized spacial score (nSPS) is 35.8. The van der Waals surface area contributed by atoms with Crippen LogP contribution in [0.2, 0.25) is 0 Å². The highest BCUT2D eigenvalue weighted by atomic mass is 15.2. The SMILES string of the molecule is NC1CCC(CN2CCCNCC2)C1. The van der Waals surface area contributed by atoms with Crippen LogP contribution in [0.5, 0.6) is 0 Å². The minimum Gasteiger partial charge on any atom is -0.328 e. The van der Waals surface area contributed by atoms with Crippen molar-refractivity contribution in [1.82, 2.24) is 10.2 Å². The van der Waals surface area contributed by atoms with Crippen LogP contribution in [0.1, 0.15) is 25.7 Å². The highest BCUT2D eigenvalue weighted by Crippen LogP contribution is 2.24. The first-order valence-electron chi connectivity index (χ1n) is 6.03. The summed E-state index contributed by atoms with van der Waals surface area (Å²) in [5.74, 6) is 0.878. The van der Waals surface area contributed by atoms with Crippen LogP contribution in [0, 0.1) is 5.92 Å². The summed E-state index contributed by atoms with van der Waals surface area (Å²) in [6.07, 6.45) is 5.16. The molecule has 82 valence electrons. The zero-order chi connectivity index (χ0) is 9.80. The molecule has 2 atom stereocenters. The summed E-state index contributed by atoms with van der Waals surface area (Å²) < 4.78 is 0. The first-order chi connectivity index (χ1) is 6.84. The Balaban J connectivity index is 1.72. The molecule has 2 fully saturated rings. The molecule has 2 rings (SSSR count). The van der Waals surface area contributed by atoms with Gasteiger partial charge in [0.05, 0.1) is 0 Å². The lowest BCUT2D eigenvalue weighted by Crippen LogP contribution is -2.32. The second-order valence-electron chi connectivity index (χ2n) is 4.84. The maximum atomic E-state index is 5.93. The molecule has 1 aliphatic carbocycles. The van der Waals surface area contributed by atoms with E-state index in [9.17, 15) is 0 Å². The molecule has 0 aromatic carbocycles. The predicted octanol–water partition coefficient (Wildman–Crippen LogP) is 0.409. The Bertz CT molecular complexity index is 164. The van der Waals surface area contributed by atoms with Crippen molar-refractivity contribution >= 4 is 0 Å². The molecule has 0 aromatic rings. The molecule has 1 heterocycles. The molecule has 3 nitrogen and oxygen atoms in total. The topological polar surface area (TPSA) is 41.3 Å². The van der Waals surface area contributed by atoms with Crippen molar-refractivity contribution in [3.63, 3.8) is 0 Å². The molecule has 0 amide bonds. The maximum absolute atomic E-state index is 5.93.